The molecular weight excluding hydrogens is 667 g/mol. The molecule has 10 heteroatoms. The molecule has 0 aliphatic carbocycles. The van der Waals surface area contributed by atoms with Gasteiger partial charge in [-0.15, -0.1) is 0 Å². The van der Waals surface area contributed by atoms with Crippen LogP contribution in [0.5, 0.6) is 0 Å². The number of aliphatic hydroxyl groups is 1. The third-order valence-electron chi connectivity index (χ3n) is 7.83. The Morgan fingerprint density at radius 2 is 1.18 bits per heavy atom. The fourth-order valence-corrected chi connectivity index (χ4v) is 5.31. The lowest BCUT2D eigenvalue weighted by Crippen LogP contribution is -2.29. The van der Waals surface area contributed by atoms with Gasteiger partial charge in [0.05, 0.1) is 12.7 Å². The molecule has 2 atom stereocenters. The summed E-state index contributed by atoms with van der Waals surface area (Å²) in [6.45, 7) is 3.39. The third kappa shape index (κ3) is 38.5. The Balaban J connectivity index is 4.14. The maximum atomic E-state index is 12.3. The molecule has 0 spiro atoms. The summed E-state index contributed by atoms with van der Waals surface area (Å²) in [5, 5.41) is 9.80. The maximum absolute atomic E-state index is 12.3. The Morgan fingerprint density at radius 1 is 0.627 bits per heavy atom. The number of carbonyl (C=O) groups is 2. The zero-order valence-electron chi connectivity index (χ0n) is 31.6. The number of phosphoric ester groups is 1. The van der Waals surface area contributed by atoms with Gasteiger partial charge in [-0.2, -0.15) is 0 Å². The number of hydrogen-bond donors (Lipinski definition) is 3. The number of allylic oxidation sites excluding steroid dienone is 10. The summed E-state index contributed by atoms with van der Waals surface area (Å²) >= 11 is 0. The van der Waals surface area contributed by atoms with E-state index < -0.39 is 38.6 Å². The van der Waals surface area contributed by atoms with E-state index in [9.17, 15) is 19.3 Å². The first kappa shape index (κ1) is 48.5. The van der Waals surface area contributed by atoms with Crippen LogP contribution in [-0.2, 0) is 28.2 Å². The second-order valence-corrected chi connectivity index (χ2v) is 14.0. The summed E-state index contributed by atoms with van der Waals surface area (Å²) in [6, 6.07) is 0. The number of rotatable bonds is 34. The number of carbonyl (C=O) groups excluding carboxylic acids is 2. The van der Waals surface area contributed by atoms with E-state index >= 15 is 0 Å². The van der Waals surface area contributed by atoms with Gasteiger partial charge in [0, 0.05) is 12.8 Å². The van der Waals surface area contributed by atoms with Gasteiger partial charge in [-0.25, -0.2) is 4.57 Å². The molecule has 0 amide bonds. The van der Waals surface area contributed by atoms with Crippen LogP contribution in [-0.4, -0.2) is 52.3 Å². The fraction of sp³-hybridized carbons (Fsp3) is 0.659. The molecule has 0 saturated carbocycles. The molecule has 0 rings (SSSR count). The molecule has 0 heterocycles. The first-order chi connectivity index (χ1) is 24.7. The van der Waals surface area contributed by atoms with Gasteiger partial charge in [0.1, 0.15) is 6.61 Å². The van der Waals surface area contributed by atoms with Crippen molar-refractivity contribution >= 4 is 19.8 Å². The molecule has 0 fully saturated rings. The van der Waals surface area contributed by atoms with Crippen molar-refractivity contribution in [2.24, 2.45) is 0 Å². The zero-order valence-corrected chi connectivity index (χ0v) is 32.5. The molecule has 1 unspecified atom stereocenters. The number of phosphoric acid groups is 1. The van der Waals surface area contributed by atoms with Gasteiger partial charge >= 0.3 is 19.8 Å². The number of hydrogen-bond acceptors (Lipinski definition) is 7. The molecule has 0 radical (unpaired) electrons. The highest BCUT2D eigenvalue weighted by Gasteiger charge is 2.22. The first-order valence-corrected chi connectivity index (χ1v) is 20.9. The van der Waals surface area contributed by atoms with Crippen LogP contribution < -0.4 is 0 Å². The van der Waals surface area contributed by atoms with Crippen LogP contribution in [0, 0.1) is 0 Å². The molecule has 0 saturated heterocycles. The quantitative estimate of drug-likeness (QED) is 0.0194. The highest BCUT2D eigenvalue weighted by molar-refractivity contribution is 7.46. The Bertz CT molecular complexity index is 1070. The minimum absolute atomic E-state index is 0.125. The number of ether oxygens (including phenoxy) is 2. The predicted molar refractivity (Wildman–Crippen MR) is 208 cm³/mol. The first-order valence-electron chi connectivity index (χ1n) is 19.3. The molecule has 0 aromatic rings. The van der Waals surface area contributed by atoms with Gasteiger partial charge in [-0.05, 0) is 44.9 Å². The van der Waals surface area contributed by atoms with E-state index in [1.54, 1.807) is 6.08 Å². The molecule has 292 valence electrons. The van der Waals surface area contributed by atoms with Gasteiger partial charge in [0.25, 0.3) is 0 Å². The van der Waals surface area contributed by atoms with Crippen molar-refractivity contribution in [3.05, 3.63) is 72.9 Å². The standard InChI is InChI=1S/C41H69O9P/c1-3-5-7-8-9-10-11-13-18-21-24-27-31-35-41(44)50-39(37-49-51(45,46)47)36-48-40(43)34-30-26-23-20-17-15-12-14-16-19-22-25-29-33-38(42)32-28-6-4-2/h6,14-17,22-23,25-26,28-29,33,38-39,42H,3-5,7-13,18-21,24,27,30-32,34-37H2,1-2H3,(H2,45,46,47)/b16-14-,17-15-,25-22+,26-23-,28-6-,33-29+/t38?,39-/m1/s1. The average molecular weight is 737 g/mol. The molecule has 0 aliphatic rings. The van der Waals surface area contributed by atoms with Crippen molar-refractivity contribution in [3.8, 4) is 0 Å². The van der Waals surface area contributed by atoms with Crippen LogP contribution in [0.1, 0.15) is 149 Å². The summed E-state index contributed by atoms with van der Waals surface area (Å²) in [5.41, 5.74) is 0. The smallest absolute Gasteiger partial charge is 0.462 e. The van der Waals surface area contributed by atoms with Crippen LogP contribution in [0.15, 0.2) is 72.9 Å². The number of aliphatic hydroxyl groups excluding tert-OH is 1. The highest BCUT2D eigenvalue weighted by atomic mass is 31.2. The lowest BCUT2D eigenvalue weighted by atomic mass is 10.0. The highest BCUT2D eigenvalue weighted by Crippen LogP contribution is 2.36. The Labute approximate surface area is 309 Å². The van der Waals surface area contributed by atoms with Crippen molar-refractivity contribution in [1.29, 1.82) is 0 Å². The average Bonchev–Trinajstić information content (AvgIpc) is 3.09. The second kappa shape index (κ2) is 35.8. The van der Waals surface area contributed by atoms with Gasteiger partial charge in [0.15, 0.2) is 6.10 Å². The molecular formula is C41H69O9P. The van der Waals surface area contributed by atoms with Crippen molar-refractivity contribution in [3.63, 3.8) is 0 Å². The summed E-state index contributed by atoms with van der Waals surface area (Å²) in [7, 11) is -4.78. The SMILES string of the molecule is CC/C=C\CC(O)/C=C/C=C/C/C=C\C/C=C\C/C=C\CCC(=O)OC[C@H](COP(=O)(O)O)OC(=O)CCCCCCCCCCCCCCC. The molecule has 0 aromatic heterocycles. The van der Waals surface area contributed by atoms with Gasteiger partial charge in [0.2, 0.25) is 0 Å². The Kier molecular flexibility index (Phi) is 34.0. The minimum atomic E-state index is -4.78. The monoisotopic (exact) mass is 736 g/mol. The fourth-order valence-electron chi connectivity index (χ4n) is 4.95. The summed E-state index contributed by atoms with van der Waals surface area (Å²) in [5.74, 6) is -1.01. The van der Waals surface area contributed by atoms with Gasteiger partial charge in [-0.1, -0.05) is 164 Å². The molecule has 3 N–H and O–H groups in total. The third-order valence-corrected chi connectivity index (χ3v) is 8.32. The van der Waals surface area contributed by atoms with Crippen molar-refractivity contribution in [2.75, 3.05) is 13.2 Å². The molecule has 0 bridgehead atoms. The second-order valence-electron chi connectivity index (χ2n) is 12.7. The lowest BCUT2D eigenvalue weighted by molar-refractivity contribution is -0.161. The molecule has 51 heavy (non-hydrogen) atoms. The zero-order chi connectivity index (χ0) is 37.7. The van der Waals surface area contributed by atoms with E-state index in [1.807, 2.05) is 48.6 Å². The minimum Gasteiger partial charge on any atom is -0.462 e. The molecule has 9 nitrogen and oxygen atoms in total. The van der Waals surface area contributed by atoms with Crippen LogP contribution in [0.25, 0.3) is 0 Å². The van der Waals surface area contributed by atoms with E-state index in [0.29, 0.717) is 19.3 Å². The van der Waals surface area contributed by atoms with Gasteiger partial charge < -0.3 is 24.4 Å². The topological polar surface area (TPSA) is 140 Å². The Morgan fingerprint density at radius 3 is 1.75 bits per heavy atom. The van der Waals surface area contributed by atoms with E-state index in [1.165, 1.54) is 57.8 Å². The van der Waals surface area contributed by atoms with E-state index in [4.69, 9.17) is 19.3 Å². The van der Waals surface area contributed by atoms with Crippen molar-refractivity contribution in [2.45, 2.75) is 161 Å². The van der Waals surface area contributed by atoms with Crippen LogP contribution in [0.2, 0.25) is 0 Å². The van der Waals surface area contributed by atoms with E-state index in [2.05, 4.69) is 36.6 Å². The maximum Gasteiger partial charge on any atom is 0.469 e. The number of esters is 2. The van der Waals surface area contributed by atoms with Crippen LogP contribution in [0.4, 0.5) is 0 Å². The van der Waals surface area contributed by atoms with Crippen molar-refractivity contribution in [1.82, 2.24) is 0 Å². The normalized spacial score (nSPS) is 13.9. The largest absolute Gasteiger partial charge is 0.469 e. The van der Waals surface area contributed by atoms with Crippen LogP contribution in [0.3, 0.4) is 0 Å². The Hall–Kier alpha value is -2.55. The predicted octanol–water partition coefficient (Wildman–Crippen LogP) is 10.5. The van der Waals surface area contributed by atoms with Gasteiger partial charge in [-0.3, -0.25) is 14.1 Å². The summed E-state index contributed by atoms with van der Waals surface area (Å²) in [4.78, 5) is 42.7. The molecule has 0 aromatic carbocycles. The summed E-state index contributed by atoms with van der Waals surface area (Å²) < 4.78 is 26.2. The number of unbranched alkanes of at least 4 members (excludes halogenated alkanes) is 12. The van der Waals surface area contributed by atoms with E-state index in [-0.39, 0.29) is 19.4 Å². The van der Waals surface area contributed by atoms with E-state index in [0.717, 1.165) is 44.9 Å². The lowest BCUT2D eigenvalue weighted by Gasteiger charge is -2.18. The molecule has 0 aliphatic heterocycles. The summed E-state index contributed by atoms with van der Waals surface area (Å²) in [6.07, 6.45) is 42.5. The van der Waals surface area contributed by atoms with Crippen molar-refractivity contribution < 1.29 is 43.0 Å². The van der Waals surface area contributed by atoms with Crippen LogP contribution >= 0.6 is 7.82 Å².